The number of aliphatic carboxylic acids is 1. The van der Waals surface area contributed by atoms with Gasteiger partial charge in [-0.05, 0) is 18.9 Å². The molecule has 1 unspecified atom stereocenters. The summed E-state index contributed by atoms with van der Waals surface area (Å²) in [6.07, 6.45) is 0.531. The Labute approximate surface area is 186 Å². The summed E-state index contributed by atoms with van der Waals surface area (Å²) in [5, 5.41) is 12.0. The van der Waals surface area contributed by atoms with Gasteiger partial charge in [-0.15, -0.1) is 0 Å². The molecule has 2 atom stereocenters. The van der Waals surface area contributed by atoms with Crippen molar-refractivity contribution in [3.8, 4) is 0 Å². The molecule has 0 spiro atoms. The van der Waals surface area contributed by atoms with Crippen LogP contribution in [0.3, 0.4) is 0 Å². The van der Waals surface area contributed by atoms with Crippen molar-refractivity contribution in [2.24, 2.45) is 5.92 Å². The predicted molar refractivity (Wildman–Crippen MR) is 124 cm³/mol. The van der Waals surface area contributed by atoms with Crippen molar-refractivity contribution >= 4 is 40.5 Å². The van der Waals surface area contributed by atoms with Gasteiger partial charge in [0.15, 0.2) is 0 Å². The van der Waals surface area contributed by atoms with E-state index in [0.29, 0.717) is 23.5 Å². The third-order valence-electron chi connectivity index (χ3n) is 4.58. The lowest BCUT2D eigenvalue weighted by atomic mass is 10.1. The molecule has 0 aliphatic rings. The molecule has 2 aromatic rings. The minimum Gasteiger partial charge on any atom is -0.480 e. The van der Waals surface area contributed by atoms with E-state index in [0.717, 1.165) is 17.3 Å². The van der Waals surface area contributed by atoms with E-state index in [9.17, 15) is 19.5 Å². The smallest absolute Gasteiger partial charge is 0.327 e. The Morgan fingerprint density at radius 1 is 1.00 bits per heavy atom. The predicted octanol–water partition coefficient (Wildman–Crippen LogP) is 4.40. The number of carboxylic acids is 1. The van der Waals surface area contributed by atoms with E-state index < -0.39 is 17.9 Å². The molecule has 0 saturated carbocycles. The van der Waals surface area contributed by atoms with Crippen LogP contribution < -0.4 is 5.32 Å². The largest absolute Gasteiger partial charge is 0.480 e. The summed E-state index contributed by atoms with van der Waals surface area (Å²) in [4.78, 5) is 36.4. The Morgan fingerprint density at radius 3 is 2.27 bits per heavy atom. The molecule has 0 aromatic heterocycles. The zero-order chi connectivity index (χ0) is 21.9. The van der Waals surface area contributed by atoms with Crippen molar-refractivity contribution in [1.29, 1.82) is 0 Å². The molecule has 7 heteroatoms. The first-order valence-corrected chi connectivity index (χ1v) is 11.9. The Morgan fingerprint density at radius 2 is 1.67 bits per heavy atom. The lowest BCUT2D eigenvalue weighted by Gasteiger charge is -2.19. The van der Waals surface area contributed by atoms with Gasteiger partial charge in [-0.25, -0.2) is 4.79 Å². The lowest BCUT2D eigenvalue weighted by Crippen LogP contribution is -2.45. The van der Waals surface area contributed by atoms with Crippen molar-refractivity contribution in [3.05, 3.63) is 71.3 Å². The maximum Gasteiger partial charge on any atom is 0.327 e. The van der Waals surface area contributed by atoms with Crippen molar-refractivity contribution in [2.75, 3.05) is 11.5 Å². The number of hydrogen-bond acceptors (Lipinski definition) is 5. The molecule has 2 aromatic carbocycles. The van der Waals surface area contributed by atoms with E-state index in [-0.39, 0.29) is 16.8 Å². The highest BCUT2D eigenvalue weighted by Gasteiger charge is 2.25. The Kier molecular flexibility index (Phi) is 9.97. The molecule has 160 valence electrons. The number of benzene rings is 2. The van der Waals surface area contributed by atoms with E-state index in [4.69, 9.17) is 0 Å². The highest BCUT2D eigenvalue weighted by Crippen LogP contribution is 2.19. The zero-order valence-electron chi connectivity index (χ0n) is 17.2. The van der Waals surface area contributed by atoms with Crippen LogP contribution in [-0.2, 0) is 15.3 Å². The average molecular weight is 446 g/mol. The quantitative estimate of drug-likeness (QED) is 0.533. The zero-order valence-corrected chi connectivity index (χ0v) is 18.8. The molecule has 0 heterocycles. The number of hydrogen-bond donors (Lipinski definition) is 2. The first-order valence-electron chi connectivity index (χ1n) is 9.79. The number of carboxylic acid groups (broad SMARTS) is 1. The number of rotatable bonds is 11. The molecule has 0 aliphatic carbocycles. The second-order valence-electron chi connectivity index (χ2n) is 6.97. The molecular weight excluding hydrogens is 418 g/mol. The van der Waals surface area contributed by atoms with E-state index in [1.807, 2.05) is 44.2 Å². The van der Waals surface area contributed by atoms with Crippen molar-refractivity contribution < 1.29 is 19.5 Å². The lowest BCUT2D eigenvalue weighted by molar-refractivity contribution is -0.141. The molecular formula is C23H27NO4S2. The van der Waals surface area contributed by atoms with Gasteiger partial charge >= 0.3 is 5.97 Å². The van der Waals surface area contributed by atoms with Crippen molar-refractivity contribution in [3.63, 3.8) is 0 Å². The summed E-state index contributed by atoms with van der Waals surface area (Å²) in [6, 6.07) is 16.0. The van der Waals surface area contributed by atoms with Crippen LogP contribution in [0.1, 0.15) is 34.8 Å². The van der Waals surface area contributed by atoms with Crippen molar-refractivity contribution in [2.45, 2.75) is 32.1 Å². The van der Waals surface area contributed by atoms with Gasteiger partial charge in [0.1, 0.15) is 6.04 Å². The molecule has 0 saturated heterocycles. The SMILES string of the molecule is CCC(CSC(=O)c1ccccc1)C(=O)N[C@@H](CSCc1ccc(C)cc1)C(=O)O. The van der Waals surface area contributed by atoms with E-state index in [2.05, 4.69) is 5.32 Å². The number of thioether (sulfide) groups is 2. The third-order valence-corrected chi connectivity index (χ3v) is 6.75. The van der Waals surface area contributed by atoms with Crippen LogP contribution in [0.5, 0.6) is 0 Å². The number of amides is 1. The fourth-order valence-electron chi connectivity index (χ4n) is 2.66. The van der Waals surface area contributed by atoms with Gasteiger partial charge < -0.3 is 10.4 Å². The summed E-state index contributed by atoms with van der Waals surface area (Å²) in [6.45, 7) is 3.88. The Balaban J connectivity index is 1.84. The fraction of sp³-hybridized carbons (Fsp3) is 0.348. The normalized spacial score (nSPS) is 12.7. The van der Waals surface area contributed by atoms with Gasteiger partial charge in [-0.1, -0.05) is 78.8 Å². The summed E-state index contributed by atoms with van der Waals surface area (Å²) in [5.41, 5.74) is 2.88. The van der Waals surface area contributed by atoms with Crippen molar-refractivity contribution in [1.82, 2.24) is 5.32 Å². The third kappa shape index (κ3) is 7.88. The molecule has 30 heavy (non-hydrogen) atoms. The first-order chi connectivity index (χ1) is 14.4. The maximum absolute atomic E-state index is 12.6. The van der Waals surface area contributed by atoms with Gasteiger partial charge in [0.05, 0.1) is 0 Å². The van der Waals surface area contributed by atoms with Gasteiger partial charge in [0.2, 0.25) is 11.0 Å². The van der Waals surface area contributed by atoms with Crippen LogP contribution in [0.15, 0.2) is 54.6 Å². The number of carbonyl (C=O) groups excluding carboxylic acids is 2. The van der Waals surface area contributed by atoms with E-state index >= 15 is 0 Å². The van der Waals surface area contributed by atoms with Crippen LogP contribution in [-0.4, -0.2) is 39.6 Å². The first kappa shape index (κ1) is 24.0. The number of aryl methyl sites for hydroxylation is 1. The van der Waals surface area contributed by atoms with Gasteiger partial charge in [-0.2, -0.15) is 11.8 Å². The molecule has 1 amide bonds. The highest BCUT2D eigenvalue weighted by atomic mass is 32.2. The van der Waals surface area contributed by atoms with Crippen LogP contribution in [0.4, 0.5) is 0 Å². The van der Waals surface area contributed by atoms with Crippen LogP contribution in [0.2, 0.25) is 0 Å². The summed E-state index contributed by atoms with van der Waals surface area (Å²) in [7, 11) is 0. The molecule has 0 fully saturated rings. The standard InChI is InChI=1S/C23H27NO4S2/c1-3-18(14-30-23(28)19-7-5-4-6-8-19)21(25)24-20(22(26)27)15-29-13-17-11-9-16(2)10-12-17/h4-12,18,20H,3,13-15H2,1-2H3,(H,24,25)(H,26,27)/t18?,20-/m0/s1. The van der Waals surface area contributed by atoms with E-state index in [1.165, 1.54) is 17.3 Å². The summed E-state index contributed by atoms with van der Waals surface area (Å²) >= 11 is 2.56. The van der Waals surface area contributed by atoms with E-state index in [1.54, 1.807) is 24.3 Å². The molecule has 2 rings (SSSR count). The van der Waals surface area contributed by atoms with Crippen LogP contribution >= 0.6 is 23.5 Å². The topological polar surface area (TPSA) is 83.5 Å². The summed E-state index contributed by atoms with van der Waals surface area (Å²) in [5.74, 6) is -0.526. The second-order valence-corrected chi connectivity index (χ2v) is 8.99. The van der Waals surface area contributed by atoms with Gasteiger partial charge in [0.25, 0.3) is 0 Å². The monoisotopic (exact) mass is 445 g/mol. The molecule has 2 N–H and O–H groups in total. The molecule has 0 radical (unpaired) electrons. The number of carbonyl (C=O) groups is 3. The minimum atomic E-state index is -1.05. The average Bonchev–Trinajstić information content (AvgIpc) is 2.75. The van der Waals surface area contributed by atoms with Crippen LogP contribution in [0, 0.1) is 12.8 Å². The number of nitrogens with one attached hydrogen (secondary N) is 1. The molecule has 0 aliphatic heterocycles. The second kappa shape index (κ2) is 12.4. The van der Waals surface area contributed by atoms with Gasteiger partial charge in [-0.3, -0.25) is 9.59 Å². The fourth-order valence-corrected chi connectivity index (χ4v) is 4.71. The summed E-state index contributed by atoms with van der Waals surface area (Å²) < 4.78 is 0. The maximum atomic E-state index is 12.6. The highest BCUT2D eigenvalue weighted by molar-refractivity contribution is 8.14. The van der Waals surface area contributed by atoms with Crippen LogP contribution in [0.25, 0.3) is 0 Å². The van der Waals surface area contributed by atoms with Gasteiger partial charge in [0, 0.05) is 28.7 Å². The molecule has 5 nitrogen and oxygen atoms in total. The Bertz CT molecular complexity index is 840. The Hall–Kier alpha value is -2.25. The minimum absolute atomic E-state index is 0.0923. The molecule has 0 bridgehead atoms.